The maximum absolute atomic E-state index is 3.56. The summed E-state index contributed by atoms with van der Waals surface area (Å²) in [6, 6.07) is 10.5. The van der Waals surface area contributed by atoms with Gasteiger partial charge in [-0.15, -0.1) is 0 Å². The highest BCUT2D eigenvalue weighted by atomic mass is 79.9. The molecule has 0 atom stereocenters. The minimum Gasteiger partial charge on any atom is -0.354 e. The number of benzene rings is 1. The molecule has 0 saturated heterocycles. The van der Waals surface area contributed by atoms with Gasteiger partial charge in [-0.2, -0.15) is 0 Å². The minimum atomic E-state index is 0.889. The van der Waals surface area contributed by atoms with Gasteiger partial charge in [0, 0.05) is 36.5 Å². The number of hydrogen-bond acceptors (Lipinski definition) is 1. The van der Waals surface area contributed by atoms with Gasteiger partial charge in [-0.3, -0.25) is 0 Å². The van der Waals surface area contributed by atoms with Gasteiger partial charge in [-0.05, 0) is 29.7 Å². The first-order chi connectivity index (χ1) is 8.79. The van der Waals surface area contributed by atoms with Crippen LogP contribution in [0.1, 0.15) is 24.5 Å². The van der Waals surface area contributed by atoms with E-state index < -0.39 is 0 Å². The molecule has 0 aliphatic rings. The van der Waals surface area contributed by atoms with Gasteiger partial charge in [0.05, 0.1) is 0 Å². The molecule has 2 nitrogen and oxygen atoms in total. The van der Waals surface area contributed by atoms with Crippen LogP contribution in [0.3, 0.4) is 0 Å². The molecule has 0 amide bonds. The molecule has 0 unspecified atom stereocenters. The lowest BCUT2D eigenvalue weighted by Gasteiger charge is -2.05. The molecule has 1 aromatic heterocycles. The number of nitrogens with one attached hydrogen (secondary N) is 1. The zero-order valence-electron chi connectivity index (χ0n) is 10.7. The molecule has 96 valence electrons. The molecule has 1 aromatic carbocycles. The van der Waals surface area contributed by atoms with Crippen LogP contribution >= 0.6 is 15.9 Å². The lowest BCUT2D eigenvalue weighted by molar-refractivity contribution is 0.667. The number of aromatic nitrogens is 1. The predicted octanol–water partition coefficient (Wildman–Crippen LogP) is 3.95. The molecule has 0 bridgehead atoms. The summed E-state index contributed by atoms with van der Waals surface area (Å²) >= 11 is 3.56. The molecule has 2 aromatic rings. The summed E-state index contributed by atoms with van der Waals surface area (Å²) in [7, 11) is 0. The molecular weight excluding hydrogens is 288 g/mol. The number of halogens is 1. The number of rotatable bonds is 6. The summed E-state index contributed by atoms with van der Waals surface area (Å²) in [5.74, 6) is 0. The zero-order chi connectivity index (χ0) is 12.8. The molecule has 0 spiro atoms. The van der Waals surface area contributed by atoms with E-state index in [1.165, 1.54) is 22.0 Å². The van der Waals surface area contributed by atoms with Crippen LogP contribution in [0.5, 0.6) is 0 Å². The van der Waals surface area contributed by atoms with Crippen LogP contribution in [-0.2, 0) is 19.6 Å². The van der Waals surface area contributed by atoms with E-state index in [-0.39, 0.29) is 0 Å². The summed E-state index contributed by atoms with van der Waals surface area (Å²) in [4.78, 5) is 0. The molecule has 18 heavy (non-hydrogen) atoms. The van der Waals surface area contributed by atoms with Crippen molar-refractivity contribution >= 4 is 15.9 Å². The van der Waals surface area contributed by atoms with Crippen LogP contribution in [0.4, 0.5) is 0 Å². The van der Waals surface area contributed by atoms with Crippen molar-refractivity contribution in [2.45, 2.75) is 33.0 Å². The smallest absolute Gasteiger partial charge is 0.0223 e. The quantitative estimate of drug-likeness (QED) is 0.855. The van der Waals surface area contributed by atoms with E-state index in [1.54, 1.807) is 0 Å². The van der Waals surface area contributed by atoms with Crippen LogP contribution in [0.2, 0.25) is 0 Å². The fourth-order valence-electron chi connectivity index (χ4n) is 1.98. The Morgan fingerprint density at radius 2 is 2.00 bits per heavy atom. The largest absolute Gasteiger partial charge is 0.354 e. The maximum Gasteiger partial charge on any atom is 0.0223 e. The Kier molecular flexibility index (Phi) is 5.02. The Morgan fingerprint density at radius 3 is 2.78 bits per heavy atom. The van der Waals surface area contributed by atoms with E-state index in [0.29, 0.717) is 0 Å². The van der Waals surface area contributed by atoms with Crippen molar-refractivity contribution in [3.8, 4) is 0 Å². The van der Waals surface area contributed by atoms with Crippen molar-refractivity contribution in [2.24, 2.45) is 0 Å². The first kappa shape index (κ1) is 13.4. The standard InChI is InChI=1S/C15H19BrN2/c1-2-8-18-9-7-13(12-18)10-17-11-14-5-3-4-6-15(14)16/h3-7,9,12,17H,2,8,10-11H2,1H3. The zero-order valence-corrected chi connectivity index (χ0v) is 12.3. The topological polar surface area (TPSA) is 17.0 Å². The molecule has 0 aliphatic heterocycles. The fraction of sp³-hybridized carbons (Fsp3) is 0.333. The van der Waals surface area contributed by atoms with Gasteiger partial charge in [-0.25, -0.2) is 0 Å². The predicted molar refractivity (Wildman–Crippen MR) is 79.4 cm³/mol. The molecule has 3 heteroatoms. The Labute approximate surface area is 117 Å². The normalized spacial score (nSPS) is 10.8. The number of hydrogen-bond donors (Lipinski definition) is 1. The maximum atomic E-state index is 3.56. The van der Waals surface area contributed by atoms with Crippen molar-refractivity contribution in [3.05, 3.63) is 58.3 Å². The lowest BCUT2D eigenvalue weighted by atomic mass is 10.2. The first-order valence-electron chi connectivity index (χ1n) is 6.38. The van der Waals surface area contributed by atoms with Gasteiger partial charge >= 0.3 is 0 Å². The monoisotopic (exact) mass is 306 g/mol. The average molecular weight is 307 g/mol. The van der Waals surface area contributed by atoms with Gasteiger partial charge in [-0.1, -0.05) is 41.1 Å². The van der Waals surface area contributed by atoms with Gasteiger partial charge in [0.2, 0.25) is 0 Å². The van der Waals surface area contributed by atoms with E-state index in [9.17, 15) is 0 Å². The van der Waals surface area contributed by atoms with Gasteiger partial charge in [0.1, 0.15) is 0 Å². The highest BCUT2D eigenvalue weighted by molar-refractivity contribution is 9.10. The summed E-state index contributed by atoms with van der Waals surface area (Å²) in [5.41, 5.74) is 2.64. The molecular formula is C15H19BrN2. The summed E-state index contributed by atoms with van der Waals surface area (Å²) in [6.45, 7) is 5.10. The van der Waals surface area contributed by atoms with Crippen molar-refractivity contribution in [3.63, 3.8) is 0 Å². The third-order valence-corrected chi connectivity index (χ3v) is 3.67. The summed E-state index contributed by atoms with van der Waals surface area (Å²) < 4.78 is 3.41. The minimum absolute atomic E-state index is 0.889. The molecule has 1 heterocycles. The van der Waals surface area contributed by atoms with E-state index in [1.807, 2.05) is 6.07 Å². The van der Waals surface area contributed by atoms with Crippen LogP contribution in [0.15, 0.2) is 47.2 Å². The van der Waals surface area contributed by atoms with Crippen molar-refractivity contribution < 1.29 is 0 Å². The molecule has 1 N–H and O–H groups in total. The van der Waals surface area contributed by atoms with Crippen LogP contribution < -0.4 is 5.32 Å². The second kappa shape index (κ2) is 6.76. The van der Waals surface area contributed by atoms with Gasteiger partial charge in [0.15, 0.2) is 0 Å². The van der Waals surface area contributed by atoms with Gasteiger partial charge < -0.3 is 9.88 Å². The summed E-state index contributed by atoms with van der Waals surface area (Å²) in [5, 5.41) is 3.47. The van der Waals surface area contributed by atoms with E-state index in [2.05, 4.69) is 69.4 Å². The van der Waals surface area contributed by atoms with Crippen LogP contribution in [0.25, 0.3) is 0 Å². The lowest BCUT2D eigenvalue weighted by Crippen LogP contribution is -2.12. The molecule has 0 aliphatic carbocycles. The third kappa shape index (κ3) is 3.72. The molecule has 0 saturated carbocycles. The SMILES string of the molecule is CCCn1ccc(CNCc2ccccc2Br)c1. The fourth-order valence-corrected chi connectivity index (χ4v) is 2.40. The van der Waals surface area contributed by atoms with Crippen molar-refractivity contribution in [2.75, 3.05) is 0 Å². The molecule has 2 rings (SSSR count). The van der Waals surface area contributed by atoms with Gasteiger partial charge in [0.25, 0.3) is 0 Å². The average Bonchev–Trinajstić information content (AvgIpc) is 2.80. The Hall–Kier alpha value is -1.06. The second-order valence-electron chi connectivity index (χ2n) is 4.45. The van der Waals surface area contributed by atoms with Crippen molar-refractivity contribution in [1.29, 1.82) is 0 Å². The second-order valence-corrected chi connectivity index (χ2v) is 5.31. The molecule has 0 fully saturated rings. The summed E-state index contributed by atoms with van der Waals surface area (Å²) in [6.07, 6.45) is 5.55. The highest BCUT2D eigenvalue weighted by Crippen LogP contribution is 2.15. The third-order valence-electron chi connectivity index (χ3n) is 2.90. The van der Waals surface area contributed by atoms with Crippen molar-refractivity contribution in [1.82, 2.24) is 9.88 Å². The Balaban J connectivity index is 1.83. The van der Waals surface area contributed by atoms with E-state index in [0.717, 1.165) is 19.6 Å². The first-order valence-corrected chi connectivity index (χ1v) is 7.17. The highest BCUT2D eigenvalue weighted by Gasteiger charge is 1.99. The van der Waals surface area contributed by atoms with E-state index in [4.69, 9.17) is 0 Å². The van der Waals surface area contributed by atoms with E-state index >= 15 is 0 Å². The number of aryl methyl sites for hydroxylation is 1. The number of nitrogens with zero attached hydrogens (tertiary/aromatic N) is 1. The Bertz CT molecular complexity index is 491. The molecule has 0 radical (unpaired) electrons. The Morgan fingerprint density at radius 1 is 1.17 bits per heavy atom. The van der Waals surface area contributed by atoms with Crippen LogP contribution in [0, 0.1) is 0 Å². The van der Waals surface area contributed by atoms with Crippen LogP contribution in [-0.4, -0.2) is 4.57 Å².